The van der Waals surface area contributed by atoms with Gasteiger partial charge in [0.05, 0.1) is 12.6 Å². The van der Waals surface area contributed by atoms with E-state index in [0.717, 1.165) is 18.7 Å². The molecule has 2 rings (SSSR count). The maximum absolute atomic E-state index is 9.37. The van der Waals surface area contributed by atoms with Crippen molar-refractivity contribution in [3.05, 3.63) is 35.9 Å². The van der Waals surface area contributed by atoms with Crippen molar-refractivity contribution in [2.45, 2.75) is 24.9 Å². The highest BCUT2D eigenvalue weighted by Gasteiger charge is 2.16. The van der Waals surface area contributed by atoms with Crippen LogP contribution >= 0.6 is 0 Å². The van der Waals surface area contributed by atoms with Crippen molar-refractivity contribution in [3.8, 4) is 0 Å². The normalized spacial score (nSPS) is 22.2. The highest BCUT2D eigenvalue weighted by atomic mass is 16.3. The Morgan fingerprint density at radius 3 is 2.81 bits per heavy atom. The van der Waals surface area contributed by atoms with Crippen molar-refractivity contribution < 1.29 is 5.11 Å². The Balaban J connectivity index is 1.85. The molecule has 1 aromatic carbocycles. The summed E-state index contributed by atoms with van der Waals surface area (Å²) in [5, 5.41) is 16.2. The van der Waals surface area contributed by atoms with Crippen LogP contribution in [0.15, 0.2) is 30.3 Å². The molecule has 0 bridgehead atoms. The lowest BCUT2D eigenvalue weighted by Crippen LogP contribution is -2.37. The highest BCUT2D eigenvalue weighted by Crippen LogP contribution is 2.12. The number of aliphatic hydroxyl groups is 1. The van der Waals surface area contributed by atoms with Crippen molar-refractivity contribution in [3.63, 3.8) is 0 Å². The molecule has 16 heavy (non-hydrogen) atoms. The van der Waals surface area contributed by atoms with Gasteiger partial charge in [0.2, 0.25) is 0 Å². The van der Waals surface area contributed by atoms with Crippen LogP contribution in [-0.2, 0) is 0 Å². The molecule has 0 spiro atoms. The smallest absolute Gasteiger partial charge is 0.0626 e. The van der Waals surface area contributed by atoms with Gasteiger partial charge in [-0.3, -0.25) is 0 Å². The van der Waals surface area contributed by atoms with E-state index in [1.54, 1.807) is 0 Å². The zero-order chi connectivity index (χ0) is 11.2. The van der Waals surface area contributed by atoms with Gasteiger partial charge in [0.25, 0.3) is 0 Å². The summed E-state index contributed by atoms with van der Waals surface area (Å²) < 4.78 is 0. The van der Waals surface area contributed by atoms with E-state index in [0.29, 0.717) is 6.04 Å². The quantitative estimate of drug-likeness (QED) is 0.695. The van der Waals surface area contributed by atoms with E-state index in [1.165, 1.54) is 12.8 Å². The van der Waals surface area contributed by atoms with Gasteiger partial charge in [0.15, 0.2) is 0 Å². The summed E-state index contributed by atoms with van der Waals surface area (Å²) in [7, 11) is 0. The molecule has 2 atom stereocenters. The Labute approximate surface area is 96.9 Å². The predicted octanol–water partition coefficient (Wildman–Crippen LogP) is 1.06. The summed E-state index contributed by atoms with van der Waals surface area (Å²) in [6.07, 6.45) is 2.50. The topological polar surface area (TPSA) is 44.3 Å². The van der Waals surface area contributed by atoms with E-state index >= 15 is 0 Å². The van der Waals surface area contributed by atoms with Crippen LogP contribution in [-0.4, -0.2) is 30.8 Å². The Morgan fingerprint density at radius 2 is 2.19 bits per heavy atom. The lowest BCUT2D eigenvalue weighted by Gasteiger charge is -2.19. The van der Waals surface area contributed by atoms with Crippen LogP contribution < -0.4 is 10.6 Å². The molecule has 0 aliphatic carbocycles. The third kappa shape index (κ3) is 3.04. The molecular formula is C13H20N2O. The molecule has 0 aromatic heterocycles. The zero-order valence-corrected chi connectivity index (χ0v) is 9.52. The molecule has 0 amide bonds. The number of aliphatic hydroxyl groups excluding tert-OH is 1. The van der Waals surface area contributed by atoms with E-state index in [1.807, 2.05) is 18.2 Å². The van der Waals surface area contributed by atoms with Crippen LogP contribution in [0, 0.1) is 0 Å². The second kappa shape index (κ2) is 5.99. The second-order valence-corrected chi connectivity index (χ2v) is 4.35. The Morgan fingerprint density at radius 1 is 1.38 bits per heavy atom. The molecule has 88 valence electrons. The number of hydrogen-bond acceptors (Lipinski definition) is 3. The van der Waals surface area contributed by atoms with Crippen LogP contribution in [0.25, 0.3) is 0 Å². The van der Waals surface area contributed by atoms with Gasteiger partial charge in [-0.1, -0.05) is 30.3 Å². The molecule has 1 aromatic rings. The van der Waals surface area contributed by atoms with Gasteiger partial charge in [-0.15, -0.1) is 0 Å². The van der Waals surface area contributed by atoms with Crippen molar-refractivity contribution in [1.29, 1.82) is 0 Å². The number of hydrogen-bond donors (Lipinski definition) is 3. The van der Waals surface area contributed by atoms with E-state index in [9.17, 15) is 5.11 Å². The lowest BCUT2D eigenvalue weighted by atomic mass is 10.1. The second-order valence-electron chi connectivity index (χ2n) is 4.35. The molecule has 1 heterocycles. The molecule has 1 aliphatic heterocycles. The third-order valence-electron chi connectivity index (χ3n) is 3.16. The van der Waals surface area contributed by atoms with E-state index in [-0.39, 0.29) is 12.6 Å². The fourth-order valence-electron chi connectivity index (χ4n) is 2.19. The summed E-state index contributed by atoms with van der Waals surface area (Å²) in [5.41, 5.74) is 1.16. The summed E-state index contributed by atoms with van der Waals surface area (Å²) >= 11 is 0. The molecule has 3 heteroatoms. The SMILES string of the molecule is OC[C@H](NCC1CCCN1)c1ccccc1. The first-order valence-electron chi connectivity index (χ1n) is 6.02. The number of benzene rings is 1. The van der Waals surface area contributed by atoms with Crippen LogP contribution in [0.1, 0.15) is 24.4 Å². The van der Waals surface area contributed by atoms with Gasteiger partial charge in [-0.05, 0) is 24.9 Å². The van der Waals surface area contributed by atoms with Crippen LogP contribution in [0.5, 0.6) is 0 Å². The Bertz CT molecular complexity index is 296. The Hall–Kier alpha value is -0.900. The minimum Gasteiger partial charge on any atom is -0.394 e. The molecule has 1 fully saturated rings. The number of rotatable bonds is 5. The summed E-state index contributed by atoms with van der Waals surface area (Å²) in [5.74, 6) is 0. The van der Waals surface area contributed by atoms with Gasteiger partial charge in [0.1, 0.15) is 0 Å². The molecule has 1 saturated heterocycles. The average Bonchev–Trinajstić information content (AvgIpc) is 2.84. The van der Waals surface area contributed by atoms with Gasteiger partial charge in [-0.25, -0.2) is 0 Å². The monoisotopic (exact) mass is 220 g/mol. The molecule has 0 radical (unpaired) electrons. The standard InChI is InChI=1S/C13H20N2O/c16-10-13(11-5-2-1-3-6-11)15-9-12-7-4-8-14-12/h1-3,5-6,12-16H,4,7-10H2/t12?,13-/m0/s1. The average molecular weight is 220 g/mol. The molecule has 3 nitrogen and oxygen atoms in total. The fraction of sp³-hybridized carbons (Fsp3) is 0.538. The van der Waals surface area contributed by atoms with Gasteiger partial charge in [0, 0.05) is 12.6 Å². The first kappa shape index (κ1) is 11.6. The minimum absolute atomic E-state index is 0.0589. The first-order chi connectivity index (χ1) is 7.90. The Kier molecular flexibility index (Phi) is 4.34. The summed E-state index contributed by atoms with van der Waals surface area (Å²) in [6, 6.07) is 10.7. The largest absolute Gasteiger partial charge is 0.394 e. The van der Waals surface area contributed by atoms with Gasteiger partial charge < -0.3 is 15.7 Å². The van der Waals surface area contributed by atoms with Crippen molar-refractivity contribution >= 4 is 0 Å². The van der Waals surface area contributed by atoms with Gasteiger partial charge >= 0.3 is 0 Å². The molecule has 3 N–H and O–H groups in total. The summed E-state index contributed by atoms with van der Waals surface area (Å²) in [6.45, 7) is 2.21. The minimum atomic E-state index is 0.0589. The van der Waals surface area contributed by atoms with Gasteiger partial charge in [-0.2, -0.15) is 0 Å². The maximum Gasteiger partial charge on any atom is 0.0626 e. The lowest BCUT2D eigenvalue weighted by molar-refractivity contribution is 0.241. The van der Waals surface area contributed by atoms with Crippen LogP contribution in [0.3, 0.4) is 0 Å². The van der Waals surface area contributed by atoms with Crippen molar-refractivity contribution in [2.24, 2.45) is 0 Å². The van der Waals surface area contributed by atoms with Crippen LogP contribution in [0.4, 0.5) is 0 Å². The molecular weight excluding hydrogens is 200 g/mol. The predicted molar refractivity (Wildman–Crippen MR) is 65.3 cm³/mol. The van der Waals surface area contributed by atoms with Crippen LogP contribution in [0.2, 0.25) is 0 Å². The maximum atomic E-state index is 9.37. The van der Waals surface area contributed by atoms with E-state index in [4.69, 9.17) is 0 Å². The fourth-order valence-corrected chi connectivity index (χ4v) is 2.19. The molecule has 1 aliphatic rings. The molecule has 0 saturated carbocycles. The zero-order valence-electron chi connectivity index (χ0n) is 9.52. The molecule has 1 unspecified atom stereocenters. The van der Waals surface area contributed by atoms with E-state index < -0.39 is 0 Å². The highest BCUT2D eigenvalue weighted by molar-refractivity contribution is 5.18. The third-order valence-corrected chi connectivity index (χ3v) is 3.16. The summed E-state index contributed by atoms with van der Waals surface area (Å²) in [4.78, 5) is 0. The van der Waals surface area contributed by atoms with Crippen molar-refractivity contribution in [2.75, 3.05) is 19.7 Å². The van der Waals surface area contributed by atoms with E-state index in [2.05, 4.69) is 22.8 Å². The van der Waals surface area contributed by atoms with Crippen molar-refractivity contribution in [1.82, 2.24) is 10.6 Å². The number of nitrogens with one attached hydrogen (secondary N) is 2. The first-order valence-corrected chi connectivity index (χ1v) is 6.02.